The first kappa shape index (κ1) is 20.0. The Labute approximate surface area is 186 Å². The summed E-state index contributed by atoms with van der Waals surface area (Å²) in [6, 6.07) is 22.7. The van der Waals surface area contributed by atoms with Gasteiger partial charge < -0.3 is 15.6 Å². The molecule has 0 saturated carbocycles. The molecule has 1 fully saturated rings. The number of hydrogen-bond donors (Lipinski definition) is 2. The molecule has 0 atom stereocenters. The smallest absolute Gasteiger partial charge is 0.253 e. The van der Waals surface area contributed by atoms with Crippen LogP contribution in [0.2, 0.25) is 0 Å². The lowest BCUT2D eigenvalue weighted by Crippen LogP contribution is -2.38. The number of benzene rings is 3. The SMILES string of the molecule is NC(=O)c1ccccc1-c1ccc(C(=O)N2CCC(c3nc4ccccc4[nH]3)CC2)cc1. The van der Waals surface area contributed by atoms with Gasteiger partial charge in [0.15, 0.2) is 0 Å². The molecule has 0 radical (unpaired) electrons. The monoisotopic (exact) mass is 424 g/mol. The largest absolute Gasteiger partial charge is 0.366 e. The zero-order valence-corrected chi connectivity index (χ0v) is 17.6. The van der Waals surface area contributed by atoms with E-state index in [0.717, 1.165) is 40.8 Å². The summed E-state index contributed by atoms with van der Waals surface area (Å²) in [7, 11) is 0. The van der Waals surface area contributed by atoms with E-state index in [2.05, 4.69) is 4.98 Å². The molecule has 2 heterocycles. The molecule has 4 aromatic rings. The van der Waals surface area contributed by atoms with Crippen LogP contribution in [-0.2, 0) is 0 Å². The van der Waals surface area contributed by atoms with Gasteiger partial charge in [-0.2, -0.15) is 0 Å². The number of hydrogen-bond acceptors (Lipinski definition) is 3. The Morgan fingerprint density at radius 1 is 0.906 bits per heavy atom. The summed E-state index contributed by atoms with van der Waals surface area (Å²) < 4.78 is 0. The van der Waals surface area contributed by atoms with Gasteiger partial charge in [0.25, 0.3) is 5.91 Å². The molecule has 0 unspecified atom stereocenters. The van der Waals surface area contributed by atoms with Gasteiger partial charge in [0.1, 0.15) is 5.82 Å². The van der Waals surface area contributed by atoms with Crippen LogP contribution in [0.3, 0.4) is 0 Å². The van der Waals surface area contributed by atoms with Crippen LogP contribution >= 0.6 is 0 Å². The van der Waals surface area contributed by atoms with Crippen molar-refractivity contribution in [3.63, 3.8) is 0 Å². The zero-order chi connectivity index (χ0) is 22.1. The molecule has 1 saturated heterocycles. The summed E-state index contributed by atoms with van der Waals surface area (Å²) in [6.45, 7) is 1.40. The van der Waals surface area contributed by atoms with E-state index in [0.29, 0.717) is 30.1 Å². The maximum atomic E-state index is 13.0. The minimum atomic E-state index is -0.465. The lowest BCUT2D eigenvalue weighted by atomic mass is 9.95. The highest BCUT2D eigenvalue weighted by Gasteiger charge is 2.26. The molecular weight excluding hydrogens is 400 g/mol. The van der Waals surface area contributed by atoms with Gasteiger partial charge in [0, 0.05) is 30.1 Å². The molecule has 1 aliphatic heterocycles. The van der Waals surface area contributed by atoms with Gasteiger partial charge >= 0.3 is 0 Å². The van der Waals surface area contributed by atoms with Crippen LogP contribution in [0, 0.1) is 0 Å². The Morgan fingerprint density at radius 3 is 2.31 bits per heavy atom. The Balaban J connectivity index is 1.27. The fourth-order valence-corrected chi connectivity index (χ4v) is 4.45. The predicted molar refractivity (Wildman–Crippen MR) is 124 cm³/mol. The van der Waals surface area contributed by atoms with Gasteiger partial charge in [0.05, 0.1) is 11.0 Å². The van der Waals surface area contributed by atoms with E-state index in [9.17, 15) is 9.59 Å². The Hall–Kier alpha value is -3.93. The number of nitrogens with one attached hydrogen (secondary N) is 1. The number of carbonyl (C=O) groups excluding carboxylic acids is 2. The molecule has 5 rings (SSSR count). The van der Waals surface area contributed by atoms with E-state index >= 15 is 0 Å². The van der Waals surface area contributed by atoms with E-state index in [1.807, 2.05) is 65.6 Å². The number of imidazole rings is 1. The maximum Gasteiger partial charge on any atom is 0.253 e. The Kier molecular flexibility index (Phi) is 5.19. The van der Waals surface area contributed by atoms with Crippen molar-refractivity contribution in [2.45, 2.75) is 18.8 Å². The molecule has 0 spiro atoms. The van der Waals surface area contributed by atoms with Gasteiger partial charge in [0.2, 0.25) is 5.91 Å². The number of rotatable bonds is 4. The van der Waals surface area contributed by atoms with Crippen molar-refractivity contribution < 1.29 is 9.59 Å². The van der Waals surface area contributed by atoms with Crippen molar-refractivity contribution in [2.75, 3.05) is 13.1 Å². The number of para-hydroxylation sites is 2. The first-order chi connectivity index (χ1) is 15.6. The Bertz CT molecular complexity index is 1250. The van der Waals surface area contributed by atoms with Crippen molar-refractivity contribution in [1.29, 1.82) is 0 Å². The summed E-state index contributed by atoms with van der Waals surface area (Å²) in [5.41, 5.74) is 10.3. The number of primary amides is 1. The number of fused-ring (bicyclic) bond motifs is 1. The standard InChI is InChI=1S/C26H24N4O2/c27-24(31)21-6-2-1-5-20(21)17-9-11-19(12-10-17)26(32)30-15-13-18(14-16-30)25-28-22-7-3-4-8-23(22)29-25/h1-12,18H,13-16H2,(H2,27,31)(H,28,29). The highest BCUT2D eigenvalue weighted by atomic mass is 16.2. The summed E-state index contributed by atoms with van der Waals surface area (Å²) in [5, 5.41) is 0. The van der Waals surface area contributed by atoms with Crippen LogP contribution in [0.1, 0.15) is 45.3 Å². The molecule has 2 amide bonds. The van der Waals surface area contributed by atoms with Gasteiger partial charge in [-0.1, -0.05) is 42.5 Å². The molecule has 0 bridgehead atoms. The van der Waals surface area contributed by atoms with E-state index in [4.69, 9.17) is 10.7 Å². The number of nitrogens with two attached hydrogens (primary N) is 1. The highest BCUT2D eigenvalue weighted by molar-refractivity contribution is 6.00. The highest BCUT2D eigenvalue weighted by Crippen LogP contribution is 2.29. The van der Waals surface area contributed by atoms with Crippen LogP contribution in [0.5, 0.6) is 0 Å². The fraction of sp³-hybridized carbons (Fsp3) is 0.192. The minimum Gasteiger partial charge on any atom is -0.366 e. The number of carbonyl (C=O) groups is 2. The van der Waals surface area contributed by atoms with Gasteiger partial charge in [-0.3, -0.25) is 9.59 Å². The second-order valence-electron chi connectivity index (χ2n) is 8.19. The number of likely N-dealkylation sites (tertiary alicyclic amines) is 1. The molecule has 6 nitrogen and oxygen atoms in total. The average Bonchev–Trinajstić information content (AvgIpc) is 3.28. The van der Waals surface area contributed by atoms with E-state index in [1.165, 1.54) is 0 Å². The molecular formula is C26H24N4O2. The number of piperidine rings is 1. The van der Waals surface area contributed by atoms with E-state index < -0.39 is 5.91 Å². The lowest BCUT2D eigenvalue weighted by molar-refractivity contribution is 0.0711. The van der Waals surface area contributed by atoms with E-state index in [-0.39, 0.29) is 5.91 Å². The third-order valence-corrected chi connectivity index (χ3v) is 6.21. The first-order valence-electron chi connectivity index (χ1n) is 10.8. The van der Waals surface area contributed by atoms with Gasteiger partial charge in [-0.15, -0.1) is 0 Å². The Morgan fingerprint density at radius 2 is 1.59 bits per heavy atom. The molecule has 0 aliphatic carbocycles. The average molecular weight is 425 g/mol. The number of amides is 2. The molecule has 1 aliphatic rings. The van der Waals surface area contributed by atoms with Crippen LogP contribution in [-0.4, -0.2) is 39.8 Å². The molecule has 6 heteroatoms. The summed E-state index contributed by atoms with van der Waals surface area (Å²) in [4.78, 5) is 34.8. The van der Waals surface area contributed by atoms with Gasteiger partial charge in [-0.05, 0) is 54.3 Å². The number of nitrogens with zero attached hydrogens (tertiary/aromatic N) is 2. The van der Waals surface area contributed by atoms with E-state index in [1.54, 1.807) is 12.1 Å². The summed E-state index contributed by atoms with van der Waals surface area (Å²) >= 11 is 0. The normalized spacial score (nSPS) is 14.6. The summed E-state index contributed by atoms with van der Waals surface area (Å²) in [5.74, 6) is 0.908. The fourth-order valence-electron chi connectivity index (χ4n) is 4.45. The van der Waals surface area contributed by atoms with Crippen molar-refractivity contribution in [1.82, 2.24) is 14.9 Å². The number of aromatic nitrogens is 2. The number of H-pyrrole nitrogens is 1. The quantitative estimate of drug-likeness (QED) is 0.510. The topological polar surface area (TPSA) is 92.1 Å². The third kappa shape index (κ3) is 3.75. The predicted octanol–water partition coefficient (Wildman–Crippen LogP) is 4.35. The molecule has 3 N–H and O–H groups in total. The molecule has 3 aromatic carbocycles. The lowest BCUT2D eigenvalue weighted by Gasteiger charge is -2.31. The number of aromatic amines is 1. The molecule has 160 valence electrons. The van der Waals surface area contributed by atoms with Gasteiger partial charge in [-0.25, -0.2) is 4.98 Å². The van der Waals surface area contributed by atoms with Crippen LogP contribution in [0.25, 0.3) is 22.2 Å². The second kappa shape index (κ2) is 8.30. The minimum absolute atomic E-state index is 0.0304. The van der Waals surface area contributed by atoms with Crippen molar-refractivity contribution in [3.8, 4) is 11.1 Å². The van der Waals surface area contributed by atoms with Crippen molar-refractivity contribution >= 4 is 22.8 Å². The molecule has 1 aromatic heterocycles. The molecule has 32 heavy (non-hydrogen) atoms. The van der Waals surface area contributed by atoms with Crippen LogP contribution in [0.4, 0.5) is 0 Å². The second-order valence-corrected chi connectivity index (χ2v) is 8.19. The third-order valence-electron chi connectivity index (χ3n) is 6.21. The maximum absolute atomic E-state index is 13.0. The van der Waals surface area contributed by atoms with Crippen LogP contribution < -0.4 is 5.73 Å². The first-order valence-corrected chi connectivity index (χ1v) is 10.8. The summed E-state index contributed by atoms with van der Waals surface area (Å²) in [6.07, 6.45) is 1.77. The van der Waals surface area contributed by atoms with Crippen molar-refractivity contribution in [2.24, 2.45) is 5.73 Å². The van der Waals surface area contributed by atoms with Crippen molar-refractivity contribution in [3.05, 3.63) is 89.7 Å². The zero-order valence-electron chi connectivity index (χ0n) is 17.6. The van der Waals surface area contributed by atoms with Crippen LogP contribution in [0.15, 0.2) is 72.8 Å².